The molecule has 2 aromatic carbocycles. The number of ether oxygens (including phenoxy) is 1. The Hall–Kier alpha value is -3.24. The molecule has 0 bridgehead atoms. The molecule has 5 rings (SSSR count). The Morgan fingerprint density at radius 2 is 1.74 bits per heavy atom. The van der Waals surface area contributed by atoms with Crippen LogP contribution in [0.1, 0.15) is 20.9 Å². The molecule has 0 unspecified atom stereocenters. The van der Waals surface area contributed by atoms with Crippen LogP contribution in [0.5, 0.6) is 0 Å². The highest BCUT2D eigenvalue weighted by atomic mass is 32.1. The van der Waals surface area contributed by atoms with E-state index in [9.17, 15) is 4.79 Å². The molecule has 4 aromatic rings. The van der Waals surface area contributed by atoms with Gasteiger partial charge < -0.3 is 4.74 Å². The molecule has 2 aromatic heterocycles. The number of hydrogen-bond acceptors (Lipinski definition) is 4. The third kappa shape index (κ3) is 2.75. The number of rotatable bonds is 2. The van der Waals surface area contributed by atoms with Gasteiger partial charge in [-0.2, -0.15) is 0 Å². The number of fused-ring (bicyclic) bond motifs is 2. The number of thiophene rings is 1. The molecule has 1 aliphatic heterocycles. The lowest BCUT2D eigenvalue weighted by Gasteiger charge is -2.22. The van der Waals surface area contributed by atoms with Gasteiger partial charge in [-0.15, -0.1) is 11.3 Å². The number of carbonyl (C=O) groups is 1. The normalized spacial score (nSPS) is 15.0. The van der Waals surface area contributed by atoms with Gasteiger partial charge in [0.2, 0.25) is 5.78 Å². The first-order valence-corrected chi connectivity index (χ1v) is 9.59. The minimum Gasteiger partial charge on any atom is -0.483 e. The Bertz CT molecular complexity index is 1180. The number of allylic oxidation sites excluding steroid dienone is 1. The number of hydrogen-bond donors (Lipinski definition) is 0. The molecule has 3 heterocycles. The van der Waals surface area contributed by atoms with Crippen LogP contribution >= 0.6 is 11.3 Å². The van der Waals surface area contributed by atoms with Crippen molar-refractivity contribution in [1.29, 1.82) is 0 Å². The fourth-order valence-electron chi connectivity index (χ4n) is 3.46. The first-order chi connectivity index (χ1) is 13.3. The molecule has 130 valence electrons. The summed E-state index contributed by atoms with van der Waals surface area (Å²) in [7, 11) is 0. The van der Waals surface area contributed by atoms with E-state index in [1.54, 1.807) is 11.3 Å². The van der Waals surface area contributed by atoms with Crippen molar-refractivity contribution < 1.29 is 9.53 Å². The smallest absolute Gasteiger partial charge is 0.230 e. The maximum absolute atomic E-state index is 13.4. The number of aromatic nitrogens is 1. The van der Waals surface area contributed by atoms with Gasteiger partial charge in [-0.1, -0.05) is 54.6 Å². The molecule has 0 aliphatic carbocycles. The van der Waals surface area contributed by atoms with Crippen LogP contribution in [0.15, 0.2) is 77.9 Å². The van der Waals surface area contributed by atoms with Crippen molar-refractivity contribution in [2.24, 2.45) is 0 Å². The highest BCUT2D eigenvalue weighted by Crippen LogP contribution is 2.37. The van der Waals surface area contributed by atoms with E-state index in [0.717, 1.165) is 26.9 Å². The van der Waals surface area contributed by atoms with Gasteiger partial charge in [0.25, 0.3) is 0 Å². The fourth-order valence-corrected chi connectivity index (χ4v) is 4.11. The summed E-state index contributed by atoms with van der Waals surface area (Å²) in [6.07, 6.45) is 1.82. The van der Waals surface area contributed by atoms with Crippen molar-refractivity contribution in [2.75, 3.05) is 0 Å². The van der Waals surface area contributed by atoms with Gasteiger partial charge in [0.05, 0.1) is 16.8 Å². The average molecular weight is 369 g/mol. The standard InChI is InChI=1S/C23H15NO2S/c25-23-20(13-16-9-6-12-27-16)26-14-19-22(23)21(15-7-2-1-3-8-15)17-10-4-5-11-18(17)24-19/h1-13H,14H2/b20-13+. The number of Topliss-reactive ketones (excluding diaryl/α,β-unsaturated/α-hetero) is 1. The highest BCUT2D eigenvalue weighted by Gasteiger charge is 2.29. The quantitative estimate of drug-likeness (QED) is 0.424. The second kappa shape index (κ2) is 6.49. The van der Waals surface area contributed by atoms with E-state index < -0.39 is 0 Å². The van der Waals surface area contributed by atoms with Gasteiger partial charge in [0.15, 0.2) is 5.76 Å². The largest absolute Gasteiger partial charge is 0.483 e. The van der Waals surface area contributed by atoms with Crippen LogP contribution < -0.4 is 0 Å². The van der Waals surface area contributed by atoms with Gasteiger partial charge in [0, 0.05) is 21.9 Å². The lowest BCUT2D eigenvalue weighted by atomic mass is 9.90. The summed E-state index contributed by atoms with van der Waals surface area (Å²) in [5.74, 6) is 0.265. The molecule has 0 spiro atoms. The number of benzene rings is 2. The summed E-state index contributed by atoms with van der Waals surface area (Å²) in [6, 6.07) is 21.9. The molecule has 0 fully saturated rings. The number of carbonyl (C=O) groups excluding carboxylic acids is 1. The number of ketones is 1. The summed E-state index contributed by atoms with van der Waals surface area (Å²) < 4.78 is 5.79. The van der Waals surface area contributed by atoms with E-state index in [4.69, 9.17) is 9.72 Å². The fraction of sp³-hybridized carbons (Fsp3) is 0.0435. The average Bonchev–Trinajstić information content (AvgIpc) is 3.22. The van der Waals surface area contributed by atoms with Crippen molar-refractivity contribution in [1.82, 2.24) is 4.98 Å². The summed E-state index contributed by atoms with van der Waals surface area (Å²) >= 11 is 1.58. The Morgan fingerprint density at radius 3 is 2.56 bits per heavy atom. The van der Waals surface area contributed by atoms with Gasteiger partial charge in [-0.05, 0) is 23.1 Å². The Kier molecular flexibility index (Phi) is 3.84. The molecule has 4 heteroatoms. The van der Waals surface area contributed by atoms with Gasteiger partial charge >= 0.3 is 0 Å². The molecular formula is C23H15NO2S. The van der Waals surface area contributed by atoms with Crippen LogP contribution in [0.4, 0.5) is 0 Å². The van der Waals surface area contributed by atoms with Gasteiger partial charge in [0.1, 0.15) is 6.61 Å². The van der Waals surface area contributed by atoms with Crippen LogP contribution in [0.25, 0.3) is 28.1 Å². The van der Waals surface area contributed by atoms with Crippen molar-refractivity contribution >= 4 is 34.1 Å². The summed E-state index contributed by atoms with van der Waals surface area (Å²) in [5, 5.41) is 2.96. The van der Waals surface area contributed by atoms with Crippen LogP contribution in [0.2, 0.25) is 0 Å². The monoisotopic (exact) mass is 369 g/mol. The van der Waals surface area contributed by atoms with Crippen LogP contribution in [-0.4, -0.2) is 10.8 Å². The molecule has 0 N–H and O–H groups in total. The zero-order valence-corrected chi connectivity index (χ0v) is 15.2. The SMILES string of the molecule is O=C1/C(=C\c2cccs2)OCc2nc3ccccc3c(-c3ccccc3)c21. The van der Waals surface area contributed by atoms with E-state index in [0.29, 0.717) is 23.6 Å². The molecule has 0 amide bonds. The number of pyridine rings is 1. The molecule has 27 heavy (non-hydrogen) atoms. The van der Waals surface area contributed by atoms with Crippen LogP contribution in [0, 0.1) is 0 Å². The van der Waals surface area contributed by atoms with E-state index in [1.807, 2.05) is 78.2 Å². The van der Waals surface area contributed by atoms with E-state index in [2.05, 4.69) is 0 Å². The lowest BCUT2D eigenvalue weighted by Crippen LogP contribution is -2.19. The van der Waals surface area contributed by atoms with Gasteiger partial charge in [-0.25, -0.2) is 4.98 Å². The summed E-state index contributed by atoms with van der Waals surface area (Å²) in [6.45, 7) is 0.295. The predicted octanol–water partition coefficient (Wildman–Crippen LogP) is 5.72. The molecule has 3 nitrogen and oxygen atoms in total. The predicted molar refractivity (Wildman–Crippen MR) is 109 cm³/mol. The van der Waals surface area contributed by atoms with E-state index >= 15 is 0 Å². The molecule has 0 radical (unpaired) electrons. The second-order valence-corrected chi connectivity index (χ2v) is 7.31. The molecule has 1 aliphatic rings. The number of nitrogens with zero attached hydrogens (tertiary/aromatic N) is 1. The minimum absolute atomic E-state index is 0.109. The maximum atomic E-state index is 13.4. The maximum Gasteiger partial charge on any atom is 0.230 e. The molecule has 0 atom stereocenters. The molecule has 0 saturated carbocycles. The number of para-hydroxylation sites is 1. The van der Waals surface area contributed by atoms with E-state index in [-0.39, 0.29) is 5.78 Å². The zero-order valence-electron chi connectivity index (χ0n) is 14.4. The van der Waals surface area contributed by atoms with Crippen LogP contribution in [0.3, 0.4) is 0 Å². The second-order valence-electron chi connectivity index (χ2n) is 6.33. The highest BCUT2D eigenvalue weighted by molar-refractivity contribution is 7.10. The summed E-state index contributed by atoms with van der Waals surface area (Å²) in [5.41, 5.74) is 4.16. The van der Waals surface area contributed by atoms with Crippen molar-refractivity contribution in [3.8, 4) is 11.1 Å². The topological polar surface area (TPSA) is 39.2 Å². The Labute approximate surface area is 160 Å². The zero-order chi connectivity index (χ0) is 18.2. The van der Waals surface area contributed by atoms with Crippen molar-refractivity contribution in [3.63, 3.8) is 0 Å². The Morgan fingerprint density at radius 1 is 0.926 bits per heavy atom. The summed E-state index contributed by atoms with van der Waals surface area (Å²) in [4.78, 5) is 19.1. The lowest BCUT2D eigenvalue weighted by molar-refractivity contribution is 0.0867. The molecular weight excluding hydrogens is 354 g/mol. The third-order valence-corrected chi connectivity index (χ3v) is 5.48. The van der Waals surface area contributed by atoms with E-state index in [1.165, 1.54) is 0 Å². The van der Waals surface area contributed by atoms with Crippen molar-refractivity contribution in [3.05, 3.63) is 94.0 Å². The Balaban J connectivity index is 1.78. The first-order valence-electron chi connectivity index (χ1n) is 8.71. The van der Waals surface area contributed by atoms with Gasteiger partial charge in [-0.3, -0.25) is 4.79 Å². The van der Waals surface area contributed by atoms with Crippen molar-refractivity contribution in [2.45, 2.75) is 6.61 Å². The molecule has 0 saturated heterocycles. The minimum atomic E-state index is -0.109. The van der Waals surface area contributed by atoms with Crippen LogP contribution in [-0.2, 0) is 11.3 Å². The first kappa shape index (κ1) is 16.0. The third-order valence-electron chi connectivity index (χ3n) is 4.66.